The van der Waals surface area contributed by atoms with Crippen LogP contribution >= 0.6 is 11.6 Å². The number of benzene rings is 1. The van der Waals surface area contributed by atoms with Gasteiger partial charge in [-0.05, 0) is 42.5 Å². The smallest absolute Gasteiger partial charge is 0.132 e. The van der Waals surface area contributed by atoms with Gasteiger partial charge in [0.25, 0.3) is 0 Å². The van der Waals surface area contributed by atoms with E-state index in [0.29, 0.717) is 39.1 Å². The Morgan fingerprint density at radius 1 is 1.06 bits per heavy atom. The molecule has 0 aliphatic heterocycles. The van der Waals surface area contributed by atoms with E-state index in [0.717, 1.165) is 29.9 Å². The first kappa shape index (κ1) is 22.2. The molecule has 1 aromatic carbocycles. The van der Waals surface area contributed by atoms with E-state index in [1.807, 2.05) is 35.1 Å². The summed E-state index contributed by atoms with van der Waals surface area (Å²) in [7, 11) is 0. The number of fused-ring (bicyclic) bond motifs is 1. The van der Waals surface area contributed by atoms with Gasteiger partial charge in [-0.3, -0.25) is 14.8 Å². The SMILES string of the molecule is CC(C)NCCn1ccc(-c2cnc3ccc(-c4c[nH]nc4-c4cc(Cl)ccc4F)nc3c2)n1. The lowest BCUT2D eigenvalue weighted by atomic mass is 10.0. The predicted molar refractivity (Wildman–Crippen MR) is 132 cm³/mol. The van der Waals surface area contributed by atoms with Crippen molar-refractivity contribution in [1.29, 1.82) is 0 Å². The van der Waals surface area contributed by atoms with Crippen molar-refractivity contribution in [2.45, 2.75) is 26.4 Å². The summed E-state index contributed by atoms with van der Waals surface area (Å²) in [5.74, 6) is -0.401. The van der Waals surface area contributed by atoms with E-state index >= 15 is 0 Å². The van der Waals surface area contributed by atoms with Crippen LogP contribution < -0.4 is 5.32 Å². The Morgan fingerprint density at radius 3 is 2.79 bits per heavy atom. The highest BCUT2D eigenvalue weighted by Gasteiger charge is 2.16. The van der Waals surface area contributed by atoms with Crippen LogP contribution in [-0.4, -0.2) is 42.5 Å². The lowest BCUT2D eigenvalue weighted by molar-refractivity contribution is 0.516. The van der Waals surface area contributed by atoms with Crippen molar-refractivity contribution < 1.29 is 4.39 Å². The molecule has 0 bridgehead atoms. The number of nitrogens with one attached hydrogen (secondary N) is 2. The van der Waals surface area contributed by atoms with Crippen molar-refractivity contribution in [2.75, 3.05) is 6.54 Å². The van der Waals surface area contributed by atoms with Crippen LogP contribution in [0.1, 0.15) is 13.8 Å². The molecule has 2 N–H and O–H groups in total. The third-order valence-electron chi connectivity index (χ3n) is 5.47. The first-order valence-electron chi connectivity index (χ1n) is 11.0. The van der Waals surface area contributed by atoms with Gasteiger partial charge >= 0.3 is 0 Å². The van der Waals surface area contributed by atoms with Crippen LogP contribution in [-0.2, 0) is 6.54 Å². The van der Waals surface area contributed by atoms with Crippen molar-refractivity contribution >= 4 is 22.6 Å². The highest BCUT2D eigenvalue weighted by Crippen LogP contribution is 2.33. The molecule has 0 saturated heterocycles. The Labute approximate surface area is 201 Å². The minimum Gasteiger partial charge on any atom is -0.313 e. The summed E-state index contributed by atoms with van der Waals surface area (Å²) in [5.41, 5.74) is 5.27. The zero-order chi connectivity index (χ0) is 23.7. The fourth-order valence-corrected chi connectivity index (χ4v) is 3.95. The minimum absolute atomic E-state index is 0.315. The molecule has 0 unspecified atom stereocenters. The van der Waals surface area contributed by atoms with Gasteiger partial charge in [0.15, 0.2) is 0 Å². The van der Waals surface area contributed by atoms with Crippen LogP contribution in [0.25, 0.3) is 44.8 Å². The third-order valence-corrected chi connectivity index (χ3v) is 5.70. The molecule has 9 heteroatoms. The minimum atomic E-state index is -0.401. The van der Waals surface area contributed by atoms with Gasteiger partial charge in [-0.25, -0.2) is 9.37 Å². The van der Waals surface area contributed by atoms with Crippen LogP contribution in [0.15, 0.2) is 61.1 Å². The number of nitrogens with zero attached hydrogens (tertiary/aromatic N) is 5. The molecule has 5 rings (SSSR count). The normalized spacial score (nSPS) is 11.6. The summed E-state index contributed by atoms with van der Waals surface area (Å²) in [5, 5.41) is 15.6. The molecular formula is C25H23ClFN7. The van der Waals surface area contributed by atoms with Gasteiger partial charge < -0.3 is 5.32 Å². The topological polar surface area (TPSA) is 84.3 Å². The molecule has 0 amide bonds. The Hall–Kier alpha value is -3.62. The Balaban J connectivity index is 1.47. The number of hydrogen-bond donors (Lipinski definition) is 2. The number of pyridine rings is 2. The molecule has 0 aliphatic carbocycles. The Kier molecular flexibility index (Phi) is 6.08. The molecule has 172 valence electrons. The zero-order valence-electron chi connectivity index (χ0n) is 18.8. The second-order valence-electron chi connectivity index (χ2n) is 8.30. The van der Waals surface area contributed by atoms with Gasteiger partial charge in [-0.1, -0.05) is 25.4 Å². The molecule has 7 nitrogen and oxygen atoms in total. The molecule has 0 aliphatic rings. The van der Waals surface area contributed by atoms with Crippen LogP contribution in [0.5, 0.6) is 0 Å². The first-order chi connectivity index (χ1) is 16.5. The van der Waals surface area contributed by atoms with E-state index in [1.165, 1.54) is 12.1 Å². The van der Waals surface area contributed by atoms with E-state index < -0.39 is 5.82 Å². The van der Waals surface area contributed by atoms with Crippen LogP contribution in [0.4, 0.5) is 4.39 Å². The van der Waals surface area contributed by atoms with E-state index in [1.54, 1.807) is 18.5 Å². The van der Waals surface area contributed by atoms with Crippen molar-refractivity contribution in [1.82, 2.24) is 35.3 Å². The monoisotopic (exact) mass is 475 g/mol. The molecule has 34 heavy (non-hydrogen) atoms. The molecule has 0 fully saturated rings. The Bertz CT molecular complexity index is 1460. The van der Waals surface area contributed by atoms with Crippen molar-refractivity contribution in [3.8, 4) is 33.8 Å². The van der Waals surface area contributed by atoms with Gasteiger partial charge in [0.1, 0.15) is 11.5 Å². The van der Waals surface area contributed by atoms with E-state index in [9.17, 15) is 4.39 Å². The fourth-order valence-electron chi connectivity index (χ4n) is 3.77. The third kappa shape index (κ3) is 4.55. The summed E-state index contributed by atoms with van der Waals surface area (Å²) in [6.07, 6.45) is 5.46. The molecular weight excluding hydrogens is 453 g/mol. The lowest BCUT2D eigenvalue weighted by Crippen LogP contribution is -2.26. The Morgan fingerprint density at radius 2 is 1.94 bits per heavy atom. The summed E-state index contributed by atoms with van der Waals surface area (Å²) in [6, 6.07) is 12.5. The van der Waals surface area contributed by atoms with Crippen molar-refractivity contribution in [3.05, 3.63) is 71.9 Å². The van der Waals surface area contributed by atoms with Crippen molar-refractivity contribution in [2.24, 2.45) is 0 Å². The molecule has 0 spiro atoms. The average Bonchev–Trinajstić information content (AvgIpc) is 3.50. The molecule has 4 aromatic heterocycles. The van der Waals surface area contributed by atoms with Crippen LogP contribution in [0.2, 0.25) is 5.02 Å². The number of aromatic amines is 1. The summed E-state index contributed by atoms with van der Waals surface area (Å²) in [4.78, 5) is 9.35. The number of H-pyrrole nitrogens is 1. The second kappa shape index (κ2) is 9.32. The van der Waals surface area contributed by atoms with E-state index in [2.05, 4.69) is 39.4 Å². The van der Waals surface area contributed by atoms with Crippen LogP contribution in [0, 0.1) is 5.82 Å². The van der Waals surface area contributed by atoms with E-state index in [-0.39, 0.29) is 0 Å². The zero-order valence-corrected chi connectivity index (χ0v) is 19.5. The lowest BCUT2D eigenvalue weighted by Gasteiger charge is -2.07. The van der Waals surface area contributed by atoms with Gasteiger partial charge in [-0.15, -0.1) is 0 Å². The summed E-state index contributed by atoms with van der Waals surface area (Å²) < 4.78 is 16.4. The highest BCUT2D eigenvalue weighted by molar-refractivity contribution is 6.30. The maximum atomic E-state index is 14.5. The van der Waals surface area contributed by atoms with Gasteiger partial charge in [-0.2, -0.15) is 10.2 Å². The molecule has 4 heterocycles. The summed E-state index contributed by atoms with van der Waals surface area (Å²) in [6.45, 7) is 5.87. The van der Waals surface area contributed by atoms with Gasteiger partial charge in [0.2, 0.25) is 0 Å². The van der Waals surface area contributed by atoms with Gasteiger partial charge in [0, 0.05) is 52.9 Å². The predicted octanol–water partition coefficient (Wildman–Crippen LogP) is 5.34. The average molecular weight is 476 g/mol. The van der Waals surface area contributed by atoms with Crippen LogP contribution in [0.3, 0.4) is 0 Å². The number of hydrogen-bond acceptors (Lipinski definition) is 5. The number of halogens is 2. The summed E-state index contributed by atoms with van der Waals surface area (Å²) >= 11 is 6.09. The maximum absolute atomic E-state index is 14.5. The molecule has 0 radical (unpaired) electrons. The second-order valence-corrected chi connectivity index (χ2v) is 8.74. The molecule has 0 atom stereocenters. The maximum Gasteiger partial charge on any atom is 0.132 e. The molecule has 0 saturated carbocycles. The fraction of sp³-hybridized carbons (Fsp3) is 0.200. The number of rotatable bonds is 7. The first-order valence-corrected chi connectivity index (χ1v) is 11.4. The highest BCUT2D eigenvalue weighted by atomic mass is 35.5. The van der Waals surface area contributed by atoms with E-state index in [4.69, 9.17) is 16.6 Å². The standard InChI is InChI=1S/C25H23ClFN7/c1-15(2)28-8-10-34-9-7-21(33-34)16-11-24-23(29-13-16)6-5-22(31-24)19-14-30-32-25(19)18-12-17(26)3-4-20(18)27/h3-7,9,11-15,28H,8,10H2,1-2H3,(H,30,32). The van der Waals surface area contributed by atoms with Gasteiger partial charge in [0.05, 0.1) is 29.0 Å². The quantitative estimate of drug-likeness (QED) is 0.332. The largest absolute Gasteiger partial charge is 0.313 e. The van der Waals surface area contributed by atoms with Crippen molar-refractivity contribution in [3.63, 3.8) is 0 Å². The molecule has 5 aromatic rings. The number of aromatic nitrogens is 6.